The standard InChI is InChI=1S/C18H24N2O/c1-4-14-6-9-17(10-7-14)20(3)13-15-12-16(19)8-11-18(15)21-5-2/h6-12H,4-5,13,19H2,1-3H3. The molecular weight excluding hydrogens is 260 g/mol. The minimum atomic E-state index is 0.659. The molecule has 0 aliphatic heterocycles. The monoisotopic (exact) mass is 284 g/mol. The Morgan fingerprint density at radius 3 is 2.38 bits per heavy atom. The highest BCUT2D eigenvalue weighted by atomic mass is 16.5. The molecule has 0 spiro atoms. The fourth-order valence-electron chi connectivity index (χ4n) is 2.35. The number of anilines is 2. The molecule has 3 nitrogen and oxygen atoms in total. The summed E-state index contributed by atoms with van der Waals surface area (Å²) in [5.41, 5.74) is 10.3. The molecule has 2 aromatic rings. The zero-order valence-electron chi connectivity index (χ0n) is 13.1. The molecule has 0 fully saturated rings. The van der Waals surface area contributed by atoms with Gasteiger partial charge in [0.1, 0.15) is 5.75 Å². The van der Waals surface area contributed by atoms with Crippen LogP contribution in [0.2, 0.25) is 0 Å². The van der Waals surface area contributed by atoms with Gasteiger partial charge in [0.15, 0.2) is 0 Å². The molecule has 3 heteroatoms. The maximum atomic E-state index is 5.90. The normalized spacial score (nSPS) is 10.4. The van der Waals surface area contributed by atoms with Gasteiger partial charge >= 0.3 is 0 Å². The second-order valence-corrected chi connectivity index (χ2v) is 5.18. The summed E-state index contributed by atoms with van der Waals surface area (Å²) in [6.45, 7) is 5.59. The van der Waals surface area contributed by atoms with E-state index in [-0.39, 0.29) is 0 Å². The quantitative estimate of drug-likeness (QED) is 0.818. The molecule has 112 valence electrons. The number of aryl methyl sites for hydroxylation is 1. The van der Waals surface area contributed by atoms with Crippen molar-refractivity contribution >= 4 is 11.4 Å². The molecule has 0 aliphatic rings. The highest BCUT2D eigenvalue weighted by Gasteiger charge is 2.08. The van der Waals surface area contributed by atoms with Gasteiger partial charge in [-0.3, -0.25) is 0 Å². The number of hydrogen-bond acceptors (Lipinski definition) is 3. The van der Waals surface area contributed by atoms with Crippen molar-refractivity contribution in [2.45, 2.75) is 26.8 Å². The van der Waals surface area contributed by atoms with Gasteiger partial charge in [-0.1, -0.05) is 19.1 Å². The summed E-state index contributed by atoms with van der Waals surface area (Å²) in [5.74, 6) is 0.906. The van der Waals surface area contributed by atoms with E-state index in [4.69, 9.17) is 10.5 Å². The fourth-order valence-corrected chi connectivity index (χ4v) is 2.35. The van der Waals surface area contributed by atoms with E-state index < -0.39 is 0 Å². The van der Waals surface area contributed by atoms with Gasteiger partial charge in [-0.15, -0.1) is 0 Å². The number of rotatable bonds is 6. The SMILES string of the molecule is CCOc1ccc(N)cc1CN(C)c1ccc(CC)cc1. The third-order valence-electron chi connectivity index (χ3n) is 3.58. The van der Waals surface area contributed by atoms with Gasteiger partial charge in [0.05, 0.1) is 6.61 Å². The second kappa shape index (κ2) is 7.02. The van der Waals surface area contributed by atoms with Gasteiger partial charge in [0.2, 0.25) is 0 Å². The number of hydrogen-bond donors (Lipinski definition) is 1. The highest BCUT2D eigenvalue weighted by molar-refractivity contribution is 5.52. The molecule has 2 N–H and O–H groups in total. The molecule has 0 saturated carbocycles. The molecule has 0 atom stereocenters. The highest BCUT2D eigenvalue weighted by Crippen LogP contribution is 2.25. The molecule has 2 aromatic carbocycles. The van der Waals surface area contributed by atoms with Crippen molar-refractivity contribution in [2.24, 2.45) is 0 Å². The van der Waals surface area contributed by atoms with E-state index in [1.54, 1.807) is 0 Å². The lowest BCUT2D eigenvalue weighted by atomic mass is 10.1. The maximum Gasteiger partial charge on any atom is 0.124 e. The largest absolute Gasteiger partial charge is 0.494 e. The predicted octanol–water partition coefficient (Wildman–Crippen LogP) is 3.87. The molecule has 21 heavy (non-hydrogen) atoms. The number of nitrogens with two attached hydrogens (primary N) is 1. The van der Waals surface area contributed by atoms with Crippen molar-refractivity contribution in [1.82, 2.24) is 0 Å². The molecule has 0 aromatic heterocycles. The Hall–Kier alpha value is -2.16. The van der Waals surface area contributed by atoms with Crippen LogP contribution in [0.5, 0.6) is 5.75 Å². The zero-order valence-corrected chi connectivity index (χ0v) is 13.1. The average Bonchev–Trinajstić information content (AvgIpc) is 2.50. The molecule has 0 aliphatic carbocycles. The lowest BCUT2D eigenvalue weighted by molar-refractivity contribution is 0.336. The number of benzene rings is 2. The van der Waals surface area contributed by atoms with Crippen LogP contribution in [0.1, 0.15) is 25.0 Å². The lowest BCUT2D eigenvalue weighted by Gasteiger charge is -2.21. The Morgan fingerprint density at radius 1 is 1.05 bits per heavy atom. The molecule has 0 unspecified atom stereocenters. The van der Waals surface area contributed by atoms with E-state index in [2.05, 4.69) is 43.1 Å². The zero-order chi connectivity index (χ0) is 15.2. The Labute approximate surface area is 127 Å². The van der Waals surface area contributed by atoms with E-state index in [0.717, 1.165) is 30.0 Å². The molecule has 0 radical (unpaired) electrons. The van der Waals surface area contributed by atoms with Crippen LogP contribution in [0.15, 0.2) is 42.5 Å². The third-order valence-corrected chi connectivity index (χ3v) is 3.58. The summed E-state index contributed by atoms with van der Waals surface area (Å²) in [6, 6.07) is 14.5. The van der Waals surface area contributed by atoms with Crippen molar-refractivity contribution in [3.8, 4) is 5.75 Å². The molecule has 0 heterocycles. The molecule has 0 bridgehead atoms. The van der Waals surface area contributed by atoms with Crippen molar-refractivity contribution in [2.75, 3.05) is 24.3 Å². The minimum absolute atomic E-state index is 0.659. The summed E-state index contributed by atoms with van der Waals surface area (Å²) >= 11 is 0. The molecule has 0 saturated heterocycles. The van der Waals surface area contributed by atoms with Crippen molar-refractivity contribution < 1.29 is 4.74 Å². The van der Waals surface area contributed by atoms with Gasteiger partial charge in [-0.05, 0) is 49.2 Å². The summed E-state index contributed by atoms with van der Waals surface area (Å²) in [5, 5.41) is 0. The first-order valence-corrected chi connectivity index (χ1v) is 7.45. The predicted molar refractivity (Wildman–Crippen MR) is 90.0 cm³/mol. The van der Waals surface area contributed by atoms with Crippen LogP contribution < -0.4 is 15.4 Å². The first kappa shape index (κ1) is 15.2. The van der Waals surface area contributed by atoms with Crippen molar-refractivity contribution in [3.63, 3.8) is 0 Å². The van der Waals surface area contributed by atoms with Crippen LogP contribution in [0.3, 0.4) is 0 Å². The summed E-state index contributed by atoms with van der Waals surface area (Å²) in [7, 11) is 2.08. The summed E-state index contributed by atoms with van der Waals surface area (Å²) in [4.78, 5) is 2.21. The van der Waals surface area contributed by atoms with E-state index in [9.17, 15) is 0 Å². The van der Waals surface area contributed by atoms with Gasteiger partial charge in [0, 0.05) is 30.5 Å². The second-order valence-electron chi connectivity index (χ2n) is 5.18. The Morgan fingerprint density at radius 2 is 1.76 bits per heavy atom. The van der Waals surface area contributed by atoms with Crippen LogP contribution >= 0.6 is 0 Å². The average molecular weight is 284 g/mol. The van der Waals surface area contributed by atoms with Crippen molar-refractivity contribution in [3.05, 3.63) is 53.6 Å². The number of nitrogen functional groups attached to an aromatic ring is 1. The first-order valence-electron chi connectivity index (χ1n) is 7.45. The van der Waals surface area contributed by atoms with Crippen LogP contribution in [-0.2, 0) is 13.0 Å². The summed E-state index contributed by atoms with van der Waals surface area (Å²) < 4.78 is 5.68. The van der Waals surface area contributed by atoms with Crippen LogP contribution in [0.4, 0.5) is 11.4 Å². The molecular formula is C18H24N2O. The van der Waals surface area contributed by atoms with E-state index >= 15 is 0 Å². The lowest BCUT2D eigenvalue weighted by Crippen LogP contribution is -2.17. The van der Waals surface area contributed by atoms with Crippen molar-refractivity contribution in [1.29, 1.82) is 0 Å². The Balaban J connectivity index is 2.17. The summed E-state index contributed by atoms with van der Waals surface area (Å²) in [6.07, 6.45) is 1.06. The van der Waals surface area contributed by atoms with Gasteiger partial charge in [-0.2, -0.15) is 0 Å². The number of nitrogens with zero attached hydrogens (tertiary/aromatic N) is 1. The topological polar surface area (TPSA) is 38.5 Å². The molecule has 2 rings (SSSR count). The first-order chi connectivity index (χ1) is 10.1. The fraction of sp³-hybridized carbons (Fsp3) is 0.333. The van der Waals surface area contributed by atoms with Gasteiger partial charge in [-0.25, -0.2) is 0 Å². The van der Waals surface area contributed by atoms with Crippen LogP contribution in [-0.4, -0.2) is 13.7 Å². The van der Waals surface area contributed by atoms with E-state index in [1.165, 1.54) is 11.3 Å². The number of ether oxygens (including phenoxy) is 1. The van der Waals surface area contributed by atoms with E-state index in [0.29, 0.717) is 6.61 Å². The van der Waals surface area contributed by atoms with Crippen LogP contribution in [0.25, 0.3) is 0 Å². The van der Waals surface area contributed by atoms with E-state index in [1.807, 2.05) is 25.1 Å². The minimum Gasteiger partial charge on any atom is -0.494 e. The van der Waals surface area contributed by atoms with Gasteiger partial charge in [0.25, 0.3) is 0 Å². The third kappa shape index (κ3) is 3.91. The van der Waals surface area contributed by atoms with Crippen LogP contribution in [0, 0.1) is 0 Å². The van der Waals surface area contributed by atoms with Gasteiger partial charge < -0.3 is 15.4 Å². The Bertz CT molecular complexity index is 578. The Kier molecular flexibility index (Phi) is 5.09. The smallest absolute Gasteiger partial charge is 0.124 e. The maximum absolute atomic E-state index is 5.90. The molecule has 0 amide bonds.